The lowest BCUT2D eigenvalue weighted by molar-refractivity contribution is 0.339. The molecule has 0 aromatic heterocycles. The minimum Gasteiger partial charge on any atom is -0.318 e. The Balaban J connectivity index is 2.33. The van der Waals surface area contributed by atoms with Crippen LogP contribution in [0.4, 0.5) is 0 Å². The van der Waals surface area contributed by atoms with Crippen LogP contribution in [0.25, 0.3) is 0 Å². The highest BCUT2D eigenvalue weighted by atomic mass is 15.1. The summed E-state index contributed by atoms with van der Waals surface area (Å²) in [5.41, 5.74) is 2.87. The molecule has 84 valence electrons. The first kappa shape index (κ1) is 12.2. The molecule has 0 amide bonds. The highest BCUT2D eigenvalue weighted by Gasteiger charge is 2.00. The van der Waals surface area contributed by atoms with Crippen molar-refractivity contribution < 1.29 is 0 Å². The predicted molar refractivity (Wildman–Crippen MR) is 66.3 cm³/mol. The molecule has 0 heterocycles. The van der Waals surface area contributed by atoms with E-state index >= 15 is 0 Å². The molecule has 0 aliphatic carbocycles. The van der Waals surface area contributed by atoms with E-state index in [9.17, 15) is 0 Å². The average molecular weight is 206 g/mol. The lowest BCUT2D eigenvalue weighted by Crippen LogP contribution is -2.29. The number of nitrogens with zero attached hydrogens (tertiary/aromatic N) is 1. The third kappa shape index (κ3) is 4.45. The Morgan fingerprint density at radius 3 is 2.60 bits per heavy atom. The molecular weight excluding hydrogens is 184 g/mol. The van der Waals surface area contributed by atoms with Gasteiger partial charge in [-0.2, -0.15) is 0 Å². The number of likely N-dealkylation sites (N-methyl/N-ethyl adjacent to an activating group) is 2. The molecule has 0 fully saturated rings. The number of aryl methyl sites for hydroxylation is 1. The molecule has 0 saturated heterocycles. The fourth-order valence-corrected chi connectivity index (χ4v) is 1.62. The van der Waals surface area contributed by atoms with Crippen molar-refractivity contribution in [2.75, 3.05) is 33.7 Å². The number of rotatable bonds is 6. The van der Waals surface area contributed by atoms with E-state index in [1.54, 1.807) is 0 Å². The molecule has 1 aromatic rings. The second-order valence-electron chi connectivity index (χ2n) is 4.08. The number of hydrogen-bond donors (Lipinski definition) is 1. The molecule has 0 spiro atoms. The fourth-order valence-electron chi connectivity index (χ4n) is 1.62. The lowest BCUT2D eigenvalue weighted by atomic mass is 10.1. The third-order valence-corrected chi connectivity index (χ3v) is 2.77. The molecule has 0 bridgehead atoms. The summed E-state index contributed by atoms with van der Waals surface area (Å²) in [5, 5.41) is 3.17. The predicted octanol–water partition coefficient (Wildman–Crippen LogP) is 1.69. The number of benzene rings is 1. The van der Waals surface area contributed by atoms with E-state index in [1.165, 1.54) is 11.1 Å². The molecular formula is C13H22N2. The summed E-state index contributed by atoms with van der Waals surface area (Å²) in [6, 6.07) is 8.63. The SMILES string of the molecule is CNCCN(C)CCc1ccccc1C. The van der Waals surface area contributed by atoms with Gasteiger partial charge in [-0.05, 0) is 38.6 Å². The van der Waals surface area contributed by atoms with Gasteiger partial charge in [-0.25, -0.2) is 0 Å². The normalized spacial score (nSPS) is 10.9. The zero-order valence-electron chi connectivity index (χ0n) is 10.1. The quantitative estimate of drug-likeness (QED) is 0.762. The van der Waals surface area contributed by atoms with Crippen molar-refractivity contribution in [2.45, 2.75) is 13.3 Å². The van der Waals surface area contributed by atoms with E-state index in [1.807, 2.05) is 7.05 Å². The Morgan fingerprint density at radius 2 is 1.93 bits per heavy atom. The summed E-state index contributed by atoms with van der Waals surface area (Å²) in [6.45, 7) is 5.49. The van der Waals surface area contributed by atoms with Crippen LogP contribution in [0.2, 0.25) is 0 Å². The number of nitrogens with one attached hydrogen (secondary N) is 1. The van der Waals surface area contributed by atoms with Gasteiger partial charge in [-0.3, -0.25) is 0 Å². The first-order chi connectivity index (χ1) is 7.24. The van der Waals surface area contributed by atoms with Crippen molar-refractivity contribution in [3.05, 3.63) is 35.4 Å². The van der Waals surface area contributed by atoms with Gasteiger partial charge in [0.25, 0.3) is 0 Å². The molecule has 0 aliphatic heterocycles. The van der Waals surface area contributed by atoms with Crippen LogP contribution in [-0.2, 0) is 6.42 Å². The largest absolute Gasteiger partial charge is 0.318 e. The maximum atomic E-state index is 3.17. The van der Waals surface area contributed by atoms with Gasteiger partial charge in [0, 0.05) is 19.6 Å². The maximum Gasteiger partial charge on any atom is 0.0104 e. The van der Waals surface area contributed by atoms with Crippen LogP contribution in [-0.4, -0.2) is 38.6 Å². The van der Waals surface area contributed by atoms with E-state index in [2.05, 4.69) is 48.5 Å². The molecule has 15 heavy (non-hydrogen) atoms. The monoisotopic (exact) mass is 206 g/mol. The smallest absolute Gasteiger partial charge is 0.0104 e. The summed E-state index contributed by atoms with van der Waals surface area (Å²) in [5.74, 6) is 0. The molecule has 0 aliphatic rings. The van der Waals surface area contributed by atoms with Crippen molar-refractivity contribution in [2.24, 2.45) is 0 Å². The van der Waals surface area contributed by atoms with E-state index in [0.717, 1.165) is 26.1 Å². The van der Waals surface area contributed by atoms with Crippen molar-refractivity contribution in [3.63, 3.8) is 0 Å². The standard InChI is InChI=1S/C13H22N2/c1-12-6-4-5-7-13(12)8-10-15(3)11-9-14-2/h4-7,14H,8-11H2,1-3H3. The highest BCUT2D eigenvalue weighted by Crippen LogP contribution is 2.07. The van der Waals surface area contributed by atoms with Crippen LogP contribution in [0.5, 0.6) is 0 Å². The van der Waals surface area contributed by atoms with Crippen molar-refractivity contribution >= 4 is 0 Å². The Morgan fingerprint density at radius 1 is 1.20 bits per heavy atom. The summed E-state index contributed by atoms with van der Waals surface area (Å²) >= 11 is 0. The Hall–Kier alpha value is -0.860. The topological polar surface area (TPSA) is 15.3 Å². The van der Waals surface area contributed by atoms with E-state index in [-0.39, 0.29) is 0 Å². The van der Waals surface area contributed by atoms with Gasteiger partial charge in [0.2, 0.25) is 0 Å². The zero-order valence-corrected chi connectivity index (χ0v) is 10.1. The molecule has 0 atom stereocenters. The Bertz CT molecular complexity index is 284. The van der Waals surface area contributed by atoms with Gasteiger partial charge < -0.3 is 10.2 Å². The lowest BCUT2D eigenvalue weighted by Gasteiger charge is -2.16. The van der Waals surface area contributed by atoms with Crippen molar-refractivity contribution in [3.8, 4) is 0 Å². The molecule has 2 heteroatoms. The Labute approximate surface area is 93.3 Å². The van der Waals surface area contributed by atoms with Gasteiger partial charge in [0.15, 0.2) is 0 Å². The number of hydrogen-bond acceptors (Lipinski definition) is 2. The highest BCUT2D eigenvalue weighted by molar-refractivity contribution is 5.25. The first-order valence-corrected chi connectivity index (χ1v) is 5.61. The van der Waals surface area contributed by atoms with E-state index < -0.39 is 0 Å². The molecule has 1 aromatic carbocycles. The molecule has 0 radical (unpaired) electrons. The second-order valence-corrected chi connectivity index (χ2v) is 4.08. The molecule has 0 unspecified atom stereocenters. The summed E-state index contributed by atoms with van der Waals surface area (Å²) < 4.78 is 0. The zero-order chi connectivity index (χ0) is 11.1. The average Bonchev–Trinajstić information content (AvgIpc) is 2.25. The first-order valence-electron chi connectivity index (χ1n) is 5.61. The summed E-state index contributed by atoms with van der Waals surface area (Å²) in [7, 11) is 4.17. The van der Waals surface area contributed by atoms with Crippen LogP contribution >= 0.6 is 0 Å². The molecule has 1 rings (SSSR count). The third-order valence-electron chi connectivity index (χ3n) is 2.77. The fraction of sp³-hybridized carbons (Fsp3) is 0.538. The molecule has 1 N–H and O–H groups in total. The van der Waals surface area contributed by atoms with Crippen molar-refractivity contribution in [1.82, 2.24) is 10.2 Å². The second kappa shape index (κ2) is 6.59. The van der Waals surface area contributed by atoms with Crippen LogP contribution in [0, 0.1) is 6.92 Å². The van der Waals surface area contributed by atoms with Gasteiger partial charge in [0.1, 0.15) is 0 Å². The minimum atomic E-state index is 1.06. The molecule has 2 nitrogen and oxygen atoms in total. The van der Waals surface area contributed by atoms with Crippen LogP contribution in [0.15, 0.2) is 24.3 Å². The van der Waals surface area contributed by atoms with Crippen LogP contribution < -0.4 is 5.32 Å². The van der Waals surface area contributed by atoms with Gasteiger partial charge >= 0.3 is 0 Å². The Kier molecular flexibility index (Phi) is 5.37. The van der Waals surface area contributed by atoms with Crippen LogP contribution in [0.3, 0.4) is 0 Å². The van der Waals surface area contributed by atoms with Gasteiger partial charge in [-0.15, -0.1) is 0 Å². The van der Waals surface area contributed by atoms with Crippen molar-refractivity contribution in [1.29, 1.82) is 0 Å². The van der Waals surface area contributed by atoms with Crippen LogP contribution in [0.1, 0.15) is 11.1 Å². The van der Waals surface area contributed by atoms with E-state index in [0.29, 0.717) is 0 Å². The minimum absolute atomic E-state index is 1.06. The molecule has 0 saturated carbocycles. The maximum absolute atomic E-state index is 3.17. The van der Waals surface area contributed by atoms with E-state index in [4.69, 9.17) is 0 Å². The summed E-state index contributed by atoms with van der Waals surface area (Å²) in [6.07, 6.45) is 1.15. The van der Waals surface area contributed by atoms with Gasteiger partial charge in [-0.1, -0.05) is 24.3 Å². The van der Waals surface area contributed by atoms with Gasteiger partial charge in [0.05, 0.1) is 0 Å². The summed E-state index contributed by atoms with van der Waals surface area (Å²) in [4.78, 5) is 2.36.